The zero-order chi connectivity index (χ0) is 14.1. The van der Waals surface area contributed by atoms with Gasteiger partial charge < -0.3 is 4.74 Å². The van der Waals surface area contributed by atoms with E-state index in [1.54, 1.807) is 0 Å². The summed E-state index contributed by atoms with van der Waals surface area (Å²) in [7, 11) is 0. The van der Waals surface area contributed by atoms with Gasteiger partial charge in [0.2, 0.25) is 0 Å². The molecule has 5 nitrogen and oxygen atoms in total. The van der Waals surface area contributed by atoms with Crippen LogP contribution < -0.4 is 4.74 Å². The molecule has 20 heavy (non-hydrogen) atoms. The van der Waals surface area contributed by atoms with E-state index >= 15 is 0 Å². The second kappa shape index (κ2) is 4.80. The number of benzene rings is 1. The molecule has 0 fully saturated rings. The fourth-order valence-electron chi connectivity index (χ4n) is 1.82. The first kappa shape index (κ1) is 12.4. The molecule has 0 bridgehead atoms. The number of aromatic amines is 1. The van der Waals surface area contributed by atoms with Crippen LogP contribution in [0.1, 0.15) is 0 Å². The number of fused-ring (bicyclic) bond motifs is 1. The number of ether oxygens (including phenoxy) is 1. The third-order valence-electron chi connectivity index (χ3n) is 2.66. The zero-order valence-electron chi connectivity index (χ0n) is 9.85. The summed E-state index contributed by atoms with van der Waals surface area (Å²) in [5, 5.41) is 7.30. The van der Waals surface area contributed by atoms with E-state index in [4.69, 9.17) is 0 Å². The number of alkyl halides is 2. The molecule has 2 heterocycles. The predicted octanol–water partition coefficient (Wildman–Crippen LogP) is 2.76. The highest BCUT2D eigenvalue weighted by molar-refractivity contribution is 5.89. The smallest absolute Gasteiger partial charge is 0.387 e. The summed E-state index contributed by atoms with van der Waals surface area (Å²) in [6.45, 7) is -3.07. The number of hydrogen-bond donors (Lipinski definition) is 1. The summed E-state index contributed by atoms with van der Waals surface area (Å²) in [5.74, 6) is -1.41. The third-order valence-corrected chi connectivity index (χ3v) is 2.66. The third kappa shape index (κ3) is 2.15. The Labute approximate surface area is 110 Å². The molecule has 3 aromatic rings. The van der Waals surface area contributed by atoms with E-state index < -0.39 is 18.2 Å². The minimum Gasteiger partial charge on any atom is -0.432 e. The van der Waals surface area contributed by atoms with E-state index in [-0.39, 0.29) is 0 Å². The van der Waals surface area contributed by atoms with Crippen LogP contribution in [-0.4, -0.2) is 26.8 Å². The molecule has 0 atom stereocenters. The Morgan fingerprint density at radius 1 is 1.25 bits per heavy atom. The molecule has 1 N–H and O–H groups in total. The van der Waals surface area contributed by atoms with Gasteiger partial charge in [-0.3, -0.25) is 5.10 Å². The van der Waals surface area contributed by atoms with E-state index in [1.807, 2.05) is 0 Å². The van der Waals surface area contributed by atoms with Crippen molar-refractivity contribution in [2.45, 2.75) is 6.61 Å². The Morgan fingerprint density at radius 2 is 2.10 bits per heavy atom. The molecule has 3 rings (SSSR count). The largest absolute Gasteiger partial charge is 0.432 e. The van der Waals surface area contributed by atoms with Crippen LogP contribution in [0.15, 0.2) is 30.7 Å². The number of aromatic nitrogens is 4. The maximum absolute atomic E-state index is 13.7. The first-order valence-electron chi connectivity index (χ1n) is 5.54. The summed E-state index contributed by atoms with van der Waals surface area (Å²) in [5.41, 5.74) is 1.34. The molecule has 0 radical (unpaired) electrons. The number of nitrogens with zero attached hydrogens (tertiary/aromatic N) is 3. The summed E-state index contributed by atoms with van der Waals surface area (Å²) in [6, 6.07) is 3.63. The molecule has 8 heteroatoms. The van der Waals surface area contributed by atoms with E-state index in [0.29, 0.717) is 22.3 Å². The fourth-order valence-corrected chi connectivity index (χ4v) is 1.82. The lowest BCUT2D eigenvalue weighted by Crippen LogP contribution is -2.03. The lowest BCUT2D eigenvalue weighted by atomic mass is 10.1. The Hall–Kier alpha value is -2.64. The van der Waals surface area contributed by atoms with Crippen molar-refractivity contribution < 1.29 is 17.9 Å². The molecular formula is C12H7F3N4O. The molecule has 0 aliphatic rings. The van der Waals surface area contributed by atoms with Crippen LogP contribution in [-0.2, 0) is 0 Å². The number of nitrogens with one attached hydrogen (secondary N) is 1. The molecular weight excluding hydrogens is 273 g/mol. The second-order valence-corrected chi connectivity index (χ2v) is 3.88. The molecule has 2 aromatic heterocycles. The number of rotatable bonds is 3. The van der Waals surface area contributed by atoms with E-state index in [9.17, 15) is 13.2 Å². The Balaban J connectivity index is 2.04. The van der Waals surface area contributed by atoms with Gasteiger partial charge in [-0.1, -0.05) is 0 Å². The van der Waals surface area contributed by atoms with Crippen molar-refractivity contribution in [2.24, 2.45) is 0 Å². The highest BCUT2D eigenvalue weighted by Gasteiger charge is 2.14. The molecule has 102 valence electrons. The maximum Gasteiger partial charge on any atom is 0.387 e. The van der Waals surface area contributed by atoms with Gasteiger partial charge in [0.15, 0.2) is 17.2 Å². The lowest BCUT2D eigenvalue weighted by molar-refractivity contribution is -0.0521. The van der Waals surface area contributed by atoms with E-state index in [2.05, 4.69) is 24.9 Å². The van der Waals surface area contributed by atoms with Gasteiger partial charge in [-0.05, 0) is 18.2 Å². The summed E-state index contributed by atoms with van der Waals surface area (Å²) in [6.07, 6.45) is 2.88. The number of hydrogen-bond acceptors (Lipinski definition) is 4. The number of halogens is 3. The average Bonchev–Trinajstić information content (AvgIpc) is 2.84. The molecule has 0 unspecified atom stereocenters. The van der Waals surface area contributed by atoms with E-state index in [0.717, 1.165) is 12.1 Å². The molecule has 0 amide bonds. The maximum atomic E-state index is 13.7. The minimum absolute atomic E-state index is 0.408. The van der Waals surface area contributed by atoms with Crippen molar-refractivity contribution in [1.82, 2.24) is 20.2 Å². The fraction of sp³-hybridized carbons (Fsp3) is 0.0833. The van der Waals surface area contributed by atoms with Crippen molar-refractivity contribution in [3.8, 4) is 17.0 Å². The van der Waals surface area contributed by atoms with Gasteiger partial charge in [0, 0.05) is 11.8 Å². The Bertz CT molecular complexity index is 759. The predicted molar refractivity (Wildman–Crippen MR) is 63.7 cm³/mol. The SMILES string of the molecule is Fc1cc(-c2n[nH]c3ncncc23)ccc1OC(F)F. The monoisotopic (exact) mass is 280 g/mol. The molecule has 0 spiro atoms. The highest BCUT2D eigenvalue weighted by atomic mass is 19.3. The first-order valence-corrected chi connectivity index (χ1v) is 5.54. The van der Waals surface area contributed by atoms with Crippen LogP contribution >= 0.6 is 0 Å². The Morgan fingerprint density at radius 3 is 2.85 bits per heavy atom. The van der Waals surface area contributed by atoms with Crippen LogP contribution in [0.3, 0.4) is 0 Å². The van der Waals surface area contributed by atoms with Crippen molar-refractivity contribution >= 4 is 11.0 Å². The van der Waals surface area contributed by atoms with Gasteiger partial charge in [0.1, 0.15) is 12.0 Å². The zero-order valence-corrected chi connectivity index (χ0v) is 9.85. The molecule has 0 saturated heterocycles. The first-order chi connectivity index (χ1) is 9.65. The summed E-state index contributed by atoms with van der Waals surface area (Å²) in [4.78, 5) is 7.82. The van der Waals surface area contributed by atoms with Crippen molar-refractivity contribution in [1.29, 1.82) is 0 Å². The van der Waals surface area contributed by atoms with Crippen molar-refractivity contribution in [3.05, 3.63) is 36.5 Å². The van der Waals surface area contributed by atoms with Gasteiger partial charge in [-0.2, -0.15) is 13.9 Å². The van der Waals surface area contributed by atoms with Crippen molar-refractivity contribution in [3.63, 3.8) is 0 Å². The molecule has 0 aliphatic carbocycles. The van der Waals surface area contributed by atoms with Gasteiger partial charge >= 0.3 is 6.61 Å². The highest BCUT2D eigenvalue weighted by Crippen LogP contribution is 2.29. The van der Waals surface area contributed by atoms with Gasteiger partial charge in [-0.15, -0.1) is 0 Å². The molecule has 0 aliphatic heterocycles. The molecule has 0 saturated carbocycles. The average molecular weight is 280 g/mol. The van der Waals surface area contributed by atoms with Crippen LogP contribution in [0.25, 0.3) is 22.3 Å². The van der Waals surface area contributed by atoms with Crippen LogP contribution in [0.4, 0.5) is 13.2 Å². The van der Waals surface area contributed by atoms with Gasteiger partial charge in [0.25, 0.3) is 0 Å². The van der Waals surface area contributed by atoms with Gasteiger partial charge in [-0.25, -0.2) is 14.4 Å². The van der Waals surface area contributed by atoms with Crippen LogP contribution in [0.5, 0.6) is 5.75 Å². The summed E-state index contributed by atoms with van der Waals surface area (Å²) < 4.78 is 41.8. The Kier molecular flexibility index (Phi) is 2.97. The van der Waals surface area contributed by atoms with Crippen LogP contribution in [0, 0.1) is 5.82 Å². The van der Waals surface area contributed by atoms with E-state index in [1.165, 1.54) is 18.6 Å². The van der Waals surface area contributed by atoms with Crippen molar-refractivity contribution in [2.75, 3.05) is 0 Å². The topological polar surface area (TPSA) is 63.7 Å². The molecule has 1 aromatic carbocycles. The summed E-state index contributed by atoms with van der Waals surface area (Å²) >= 11 is 0. The standard InChI is InChI=1S/C12H7F3N4O/c13-8-3-6(1-2-9(8)20-12(14)15)10-7-4-16-5-17-11(7)19-18-10/h1-5,12H,(H,16,17,18,19). The lowest BCUT2D eigenvalue weighted by Gasteiger charge is -2.06. The van der Waals surface area contributed by atoms with Crippen LogP contribution in [0.2, 0.25) is 0 Å². The normalized spacial score (nSPS) is 11.2. The second-order valence-electron chi connectivity index (χ2n) is 3.88. The van der Waals surface area contributed by atoms with Gasteiger partial charge in [0.05, 0.1) is 5.39 Å². The minimum atomic E-state index is -3.07. The quantitative estimate of drug-likeness (QED) is 0.801. The number of H-pyrrole nitrogens is 1.